The third-order valence-corrected chi connectivity index (χ3v) is 8.42. The average Bonchev–Trinajstić information content (AvgIpc) is 3.10. The van der Waals surface area contributed by atoms with Gasteiger partial charge >= 0.3 is 0 Å². The molecule has 0 aliphatic carbocycles. The number of hydrogen-bond acceptors (Lipinski definition) is 7. The summed E-state index contributed by atoms with van der Waals surface area (Å²) in [6, 6.07) is 12.1. The molecule has 2 aromatic carbocycles. The van der Waals surface area contributed by atoms with Crippen molar-refractivity contribution in [2.45, 2.75) is 37.5 Å². The van der Waals surface area contributed by atoms with E-state index in [4.69, 9.17) is 4.74 Å². The lowest BCUT2D eigenvalue weighted by Crippen LogP contribution is -2.32. The molecular weight excluding hydrogens is 460 g/mol. The highest BCUT2D eigenvalue weighted by Gasteiger charge is 2.26. The molecule has 1 aliphatic rings. The maximum Gasteiger partial charge on any atom is 0.257 e. The zero-order chi connectivity index (χ0) is 23.4. The predicted octanol–water partition coefficient (Wildman–Crippen LogP) is 4.34. The summed E-state index contributed by atoms with van der Waals surface area (Å²) in [5.41, 5.74) is 1.84. The van der Waals surface area contributed by atoms with E-state index in [2.05, 4.69) is 15.5 Å². The van der Waals surface area contributed by atoms with Crippen LogP contribution in [0.1, 0.15) is 41.6 Å². The van der Waals surface area contributed by atoms with E-state index in [-0.39, 0.29) is 4.90 Å². The highest BCUT2D eigenvalue weighted by Crippen LogP contribution is 2.29. The largest absolute Gasteiger partial charge is 0.497 e. The van der Waals surface area contributed by atoms with Crippen molar-refractivity contribution in [2.75, 3.05) is 25.5 Å². The molecule has 33 heavy (non-hydrogen) atoms. The number of aryl methyl sites for hydroxylation is 1. The first kappa shape index (κ1) is 23.3. The van der Waals surface area contributed by atoms with Crippen LogP contribution in [0.2, 0.25) is 0 Å². The Bertz CT molecular complexity index is 1230. The molecule has 8 nitrogen and oxygen atoms in total. The number of aromatic nitrogens is 2. The van der Waals surface area contributed by atoms with Gasteiger partial charge in [-0.25, -0.2) is 8.42 Å². The second-order valence-corrected chi connectivity index (χ2v) is 10.8. The molecule has 0 atom stereocenters. The van der Waals surface area contributed by atoms with Crippen LogP contribution in [0.15, 0.2) is 47.4 Å². The summed E-state index contributed by atoms with van der Waals surface area (Å²) >= 11 is 1.24. The minimum atomic E-state index is -3.65. The Morgan fingerprint density at radius 1 is 1.03 bits per heavy atom. The smallest absolute Gasteiger partial charge is 0.257 e. The van der Waals surface area contributed by atoms with Crippen LogP contribution < -0.4 is 10.1 Å². The van der Waals surface area contributed by atoms with Gasteiger partial charge in [0.05, 0.1) is 12.0 Å². The third kappa shape index (κ3) is 5.23. The molecule has 1 aromatic heterocycles. The first-order valence-electron chi connectivity index (χ1n) is 10.8. The van der Waals surface area contributed by atoms with Gasteiger partial charge in [0.15, 0.2) is 0 Å². The summed E-state index contributed by atoms with van der Waals surface area (Å²) in [5.74, 6) is 0.320. The topological polar surface area (TPSA) is 101 Å². The Balaban J connectivity index is 1.53. The quantitative estimate of drug-likeness (QED) is 0.556. The van der Waals surface area contributed by atoms with Crippen LogP contribution in [0.5, 0.6) is 5.75 Å². The first-order valence-corrected chi connectivity index (χ1v) is 13.0. The maximum atomic E-state index is 13.2. The van der Waals surface area contributed by atoms with E-state index >= 15 is 0 Å². The van der Waals surface area contributed by atoms with Gasteiger partial charge in [0.25, 0.3) is 5.91 Å². The number of methoxy groups -OCH3 is 1. The summed E-state index contributed by atoms with van der Waals surface area (Å²) in [5, 5.41) is 12.0. The second kappa shape index (κ2) is 9.98. The van der Waals surface area contributed by atoms with Gasteiger partial charge in [-0.1, -0.05) is 30.2 Å². The fraction of sp³-hybridized carbons (Fsp3) is 0.348. The van der Waals surface area contributed by atoms with Crippen LogP contribution in [-0.2, 0) is 10.0 Å². The van der Waals surface area contributed by atoms with Gasteiger partial charge in [-0.2, -0.15) is 4.31 Å². The number of amides is 1. The molecule has 174 valence electrons. The summed E-state index contributed by atoms with van der Waals surface area (Å²) in [6.45, 7) is 2.80. The van der Waals surface area contributed by atoms with Gasteiger partial charge in [-0.05, 0) is 61.7 Å². The lowest BCUT2D eigenvalue weighted by Gasteiger charge is -2.20. The molecule has 0 saturated carbocycles. The van der Waals surface area contributed by atoms with Crippen LogP contribution in [0.4, 0.5) is 5.13 Å². The number of ether oxygens (including phenoxy) is 1. The second-order valence-electron chi connectivity index (χ2n) is 7.89. The number of benzene rings is 2. The zero-order valence-corrected chi connectivity index (χ0v) is 20.2. The standard InChI is InChI=1S/C23H26N4O4S2/c1-16-7-12-19(33(29,30)27-13-5-3-4-6-14-27)15-20(16)21(28)24-23-26-25-22(32-23)17-8-10-18(31-2)11-9-17/h7-12,15H,3-6,13-14H2,1-2H3,(H,24,26,28). The summed E-state index contributed by atoms with van der Waals surface area (Å²) in [4.78, 5) is 13.1. The SMILES string of the molecule is COc1ccc(-c2nnc(NC(=O)c3cc(S(=O)(=O)N4CCCCCC4)ccc3C)s2)cc1. The van der Waals surface area contributed by atoms with Gasteiger partial charge in [0.1, 0.15) is 10.8 Å². The number of sulfonamides is 1. The Morgan fingerprint density at radius 3 is 2.39 bits per heavy atom. The monoisotopic (exact) mass is 486 g/mol. The van der Waals surface area contributed by atoms with E-state index in [0.29, 0.717) is 34.4 Å². The minimum Gasteiger partial charge on any atom is -0.497 e. The molecule has 3 aromatic rings. The van der Waals surface area contributed by atoms with Crippen molar-refractivity contribution in [2.24, 2.45) is 0 Å². The molecule has 1 fully saturated rings. The molecule has 1 saturated heterocycles. The minimum absolute atomic E-state index is 0.135. The van der Waals surface area contributed by atoms with Gasteiger partial charge < -0.3 is 4.74 Å². The lowest BCUT2D eigenvalue weighted by molar-refractivity contribution is 0.102. The maximum absolute atomic E-state index is 13.2. The van der Waals surface area contributed by atoms with E-state index < -0.39 is 15.9 Å². The fourth-order valence-electron chi connectivity index (χ4n) is 3.73. The van der Waals surface area contributed by atoms with Crippen molar-refractivity contribution in [3.8, 4) is 16.3 Å². The first-order chi connectivity index (χ1) is 15.9. The molecule has 0 unspecified atom stereocenters. The number of carbonyl (C=O) groups excluding carboxylic acids is 1. The van der Waals surface area contributed by atoms with Crippen LogP contribution in [-0.4, -0.2) is 49.0 Å². The molecule has 1 aliphatic heterocycles. The van der Waals surface area contributed by atoms with Crippen molar-refractivity contribution in [3.05, 3.63) is 53.6 Å². The van der Waals surface area contributed by atoms with E-state index in [1.54, 1.807) is 26.2 Å². The summed E-state index contributed by atoms with van der Waals surface area (Å²) in [6.07, 6.45) is 3.78. The Morgan fingerprint density at radius 2 is 1.73 bits per heavy atom. The highest BCUT2D eigenvalue weighted by molar-refractivity contribution is 7.89. The molecule has 0 spiro atoms. The molecule has 4 rings (SSSR count). The van der Waals surface area contributed by atoms with Gasteiger partial charge in [-0.15, -0.1) is 10.2 Å². The Hall–Kier alpha value is -2.82. The van der Waals surface area contributed by atoms with Gasteiger partial charge in [0.2, 0.25) is 15.2 Å². The number of anilines is 1. The number of hydrogen-bond donors (Lipinski definition) is 1. The normalized spacial score (nSPS) is 15.1. The molecule has 10 heteroatoms. The van der Waals surface area contributed by atoms with Gasteiger partial charge in [0, 0.05) is 24.2 Å². The molecule has 0 radical (unpaired) electrons. The van der Waals surface area contributed by atoms with Crippen molar-refractivity contribution in [1.82, 2.24) is 14.5 Å². The van der Waals surface area contributed by atoms with Crippen LogP contribution in [0, 0.1) is 6.92 Å². The van der Waals surface area contributed by atoms with E-state index in [9.17, 15) is 13.2 Å². The summed E-state index contributed by atoms with van der Waals surface area (Å²) in [7, 11) is -2.05. The zero-order valence-electron chi connectivity index (χ0n) is 18.6. The highest BCUT2D eigenvalue weighted by atomic mass is 32.2. The molecule has 0 bridgehead atoms. The Labute approximate surface area is 197 Å². The molecule has 1 N–H and O–H groups in total. The number of nitrogens with zero attached hydrogens (tertiary/aromatic N) is 3. The molecule has 2 heterocycles. The van der Waals surface area contributed by atoms with E-state index in [1.165, 1.54) is 21.7 Å². The van der Waals surface area contributed by atoms with Crippen molar-refractivity contribution < 1.29 is 17.9 Å². The third-order valence-electron chi connectivity index (χ3n) is 5.64. The van der Waals surface area contributed by atoms with Crippen LogP contribution in [0.3, 0.4) is 0 Å². The van der Waals surface area contributed by atoms with Crippen LogP contribution >= 0.6 is 11.3 Å². The van der Waals surface area contributed by atoms with E-state index in [0.717, 1.165) is 37.0 Å². The number of carbonyl (C=O) groups is 1. The Kier molecular flexibility index (Phi) is 7.06. The van der Waals surface area contributed by atoms with Gasteiger partial charge in [-0.3, -0.25) is 10.1 Å². The van der Waals surface area contributed by atoms with Crippen molar-refractivity contribution in [1.29, 1.82) is 0 Å². The number of nitrogens with one attached hydrogen (secondary N) is 1. The molecule has 1 amide bonds. The fourth-order valence-corrected chi connectivity index (χ4v) is 6.01. The van der Waals surface area contributed by atoms with Crippen LogP contribution in [0.25, 0.3) is 10.6 Å². The van der Waals surface area contributed by atoms with Crippen molar-refractivity contribution in [3.63, 3.8) is 0 Å². The lowest BCUT2D eigenvalue weighted by atomic mass is 10.1. The van der Waals surface area contributed by atoms with Crippen molar-refractivity contribution >= 4 is 32.4 Å². The van der Waals surface area contributed by atoms with E-state index in [1.807, 2.05) is 24.3 Å². The summed E-state index contributed by atoms with van der Waals surface area (Å²) < 4.78 is 33.0. The number of rotatable bonds is 6. The predicted molar refractivity (Wildman–Crippen MR) is 128 cm³/mol. The average molecular weight is 487 g/mol. The molecular formula is C23H26N4O4S2.